The highest BCUT2D eigenvalue weighted by Gasteiger charge is 2.26. The Morgan fingerprint density at radius 3 is 2.15 bits per heavy atom. The topological polar surface area (TPSA) is 60.7 Å². The lowest BCUT2D eigenvalue weighted by molar-refractivity contribution is -0.0640. The first-order valence-electron chi connectivity index (χ1n) is 4.50. The van der Waals surface area contributed by atoms with Crippen molar-refractivity contribution in [2.24, 2.45) is 0 Å². The van der Waals surface area contributed by atoms with Gasteiger partial charge in [0.2, 0.25) is 0 Å². The summed E-state index contributed by atoms with van der Waals surface area (Å²) in [5, 5.41) is 28.4. The van der Waals surface area contributed by atoms with Crippen LogP contribution in [0.1, 0.15) is 34.1 Å². The summed E-state index contributed by atoms with van der Waals surface area (Å²) in [6.07, 6.45) is 0.380. The summed E-state index contributed by atoms with van der Waals surface area (Å²) in [5.41, 5.74) is -0.349. The van der Waals surface area contributed by atoms with Crippen molar-refractivity contribution in [3.63, 3.8) is 0 Å². The van der Waals surface area contributed by atoms with E-state index in [-0.39, 0.29) is 6.42 Å². The molecule has 0 aromatic rings. The number of allylic oxidation sites excluding steroid dienone is 1. The Morgan fingerprint density at radius 1 is 1.38 bits per heavy atom. The Labute approximate surface area is 79.7 Å². The summed E-state index contributed by atoms with van der Waals surface area (Å²) in [6.45, 7) is 6.67. The number of rotatable bonds is 4. The van der Waals surface area contributed by atoms with Crippen LogP contribution >= 0.6 is 0 Å². The lowest BCUT2D eigenvalue weighted by atomic mass is 9.94. The van der Waals surface area contributed by atoms with Crippen LogP contribution in [-0.2, 0) is 0 Å². The SMILES string of the molecule is C/C=C(\C)C(O)CC(O)C(C)(C)O. The summed E-state index contributed by atoms with van der Waals surface area (Å²) in [4.78, 5) is 0. The Hall–Kier alpha value is -0.380. The van der Waals surface area contributed by atoms with Crippen molar-refractivity contribution >= 4 is 0 Å². The maximum Gasteiger partial charge on any atom is 0.0850 e. The summed E-state index contributed by atoms with van der Waals surface area (Å²) in [6, 6.07) is 0. The minimum absolute atomic E-state index is 0.166. The molecule has 0 saturated carbocycles. The molecule has 2 unspecified atom stereocenters. The smallest absolute Gasteiger partial charge is 0.0850 e. The molecular weight excluding hydrogens is 168 g/mol. The Kier molecular flexibility index (Phi) is 4.61. The average molecular weight is 188 g/mol. The van der Waals surface area contributed by atoms with Gasteiger partial charge in [0.05, 0.1) is 17.8 Å². The fourth-order valence-electron chi connectivity index (χ4n) is 0.878. The molecule has 0 bridgehead atoms. The van der Waals surface area contributed by atoms with Gasteiger partial charge in [-0.2, -0.15) is 0 Å². The number of aliphatic hydroxyl groups is 3. The number of hydrogen-bond donors (Lipinski definition) is 3. The van der Waals surface area contributed by atoms with Crippen molar-refractivity contribution in [1.82, 2.24) is 0 Å². The highest BCUT2D eigenvalue weighted by molar-refractivity contribution is 5.03. The molecule has 3 N–H and O–H groups in total. The maximum atomic E-state index is 9.51. The zero-order chi connectivity index (χ0) is 10.6. The van der Waals surface area contributed by atoms with Crippen LogP contribution < -0.4 is 0 Å². The molecule has 0 radical (unpaired) electrons. The second kappa shape index (κ2) is 4.74. The zero-order valence-corrected chi connectivity index (χ0v) is 8.78. The van der Waals surface area contributed by atoms with Gasteiger partial charge in [-0.1, -0.05) is 6.08 Å². The van der Waals surface area contributed by atoms with Crippen LogP contribution in [0.25, 0.3) is 0 Å². The van der Waals surface area contributed by atoms with Crippen molar-refractivity contribution in [1.29, 1.82) is 0 Å². The van der Waals surface area contributed by atoms with Gasteiger partial charge in [0, 0.05) is 6.42 Å². The van der Waals surface area contributed by atoms with E-state index in [2.05, 4.69) is 0 Å². The lowest BCUT2D eigenvalue weighted by Crippen LogP contribution is -2.38. The molecule has 0 spiro atoms. The monoisotopic (exact) mass is 188 g/mol. The normalized spacial score (nSPS) is 18.5. The van der Waals surface area contributed by atoms with Gasteiger partial charge in [-0.15, -0.1) is 0 Å². The van der Waals surface area contributed by atoms with Gasteiger partial charge in [0.15, 0.2) is 0 Å². The average Bonchev–Trinajstić information content (AvgIpc) is 2.01. The van der Waals surface area contributed by atoms with E-state index in [0.717, 1.165) is 5.57 Å². The molecule has 0 aliphatic rings. The first-order chi connectivity index (χ1) is 5.79. The molecule has 13 heavy (non-hydrogen) atoms. The molecule has 3 heteroatoms. The molecule has 0 aliphatic carbocycles. The summed E-state index contributed by atoms with van der Waals surface area (Å²) in [5.74, 6) is 0. The Morgan fingerprint density at radius 2 is 1.85 bits per heavy atom. The third-order valence-corrected chi connectivity index (χ3v) is 2.24. The van der Waals surface area contributed by atoms with Crippen molar-refractivity contribution in [2.45, 2.75) is 51.9 Å². The van der Waals surface area contributed by atoms with E-state index >= 15 is 0 Å². The number of aliphatic hydroxyl groups excluding tert-OH is 2. The molecule has 3 nitrogen and oxygen atoms in total. The first kappa shape index (κ1) is 12.6. The quantitative estimate of drug-likeness (QED) is 0.573. The van der Waals surface area contributed by atoms with Gasteiger partial charge in [0.1, 0.15) is 0 Å². The summed E-state index contributed by atoms with van der Waals surface area (Å²) < 4.78 is 0. The Balaban J connectivity index is 4.14. The molecule has 0 heterocycles. The van der Waals surface area contributed by atoms with Crippen molar-refractivity contribution in [3.8, 4) is 0 Å². The zero-order valence-electron chi connectivity index (χ0n) is 8.78. The predicted molar refractivity (Wildman–Crippen MR) is 52.4 cm³/mol. The second-order valence-electron chi connectivity index (χ2n) is 3.95. The van der Waals surface area contributed by atoms with E-state index in [1.165, 1.54) is 13.8 Å². The first-order valence-corrected chi connectivity index (χ1v) is 4.50. The number of hydrogen-bond acceptors (Lipinski definition) is 3. The highest BCUT2D eigenvalue weighted by Crippen LogP contribution is 2.16. The van der Waals surface area contributed by atoms with Crippen molar-refractivity contribution in [3.05, 3.63) is 11.6 Å². The van der Waals surface area contributed by atoms with Gasteiger partial charge in [-0.05, 0) is 33.3 Å². The van der Waals surface area contributed by atoms with Crippen LogP contribution in [0.5, 0.6) is 0 Å². The van der Waals surface area contributed by atoms with Gasteiger partial charge in [-0.3, -0.25) is 0 Å². The van der Waals surface area contributed by atoms with E-state index in [9.17, 15) is 15.3 Å². The van der Waals surface area contributed by atoms with Crippen LogP contribution in [0.15, 0.2) is 11.6 Å². The molecule has 0 rings (SSSR count). The molecular formula is C10H20O3. The molecule has 0 aromatic carbocycles. The fraction of sp³-hybridized carbons (Fsp3) is 0.800. The molecule has 0 fully saturated rings. The van der Waals surface area contributed by atoms with E-state index in [0.29, 0.717) is 0 Å². The Bertz CT molecular complexity index is 179. The van der Waals surface area contributed by atoms with Crippen LogP contribution in [-0.4, -0.2) is 33.1 Å². The highest BCUT2D eigenvalue weighted by atomic mass is 16.3. The van der Waals surface area contributed by atoms with E-state index in [1.54, 1.807) is 13.0 Å². The lowest BCUT2D eigenvalue weighted by Gasteiger charge is -2.26. The minimum atomic E-state index is -1.16. The third kappa shape index (κ3) is 4.41. The predicted octanol–water partition coefficient (Wildman–Crippen LogP) is 0.835. The largest absolute Gasteiger partial charge is 0.390 e. The van der Waals surface area contributed by atoms with Crippen LogP contribution in [0.2, 0.25) is 0 Å². The van der Waals surface area contributed by atoms with Gasteiger partial charge in [-0.25, -0.2) is 0 Å². The van der Waals surface area contributed by atoms with Gasteiger partial charge >= 0.3 is 0 Å². The van der Waals surface area contributed by atoms with Crippen molar-refractivity contribution in [2.75, 3.05) is 0 Å². The molecule has 78 valence electrons. The van der Waals surface area contributed by atoms with E-state index < -0.39 is 17.8 Å². The molecule has 2 atom stereocenters. The summed E-state index contributed by atoms with van der Waals surface area (Å²) >= 11 is 0. The van der Waals surface area contributed by atoms with Gasteiger partial charge < -0.3 is 15.3 Å². The maximum absolute atomic E-state index is 9.51. The van der Waals surface area contributed by atoms with Crippen LogP contribution in [0.4, 0.5) is 0 Å². The summed E-state index contributed by atoms with van der Waals surface area (Å²) in [7, 11) is 0. The molecule has 0 saturated heterocycles. The standard InChI is InChI=1S/C10H20O3/c1-5-7(2)8(11)6-9(12)10(3,4)13/h5,8-9,11-13H,6H2,1-4H3/b7-5+. The van der Waals surface area contributed by atoms with Crippen molar-refractivity contribution < 1.29 is 15.3 Å². The molecule has 0 aliphatic heterocycles. The van der Waals surface area contributed by atoms with E-state index in [1.807, 2.05) is 6.92 Å². The third-order valence-electron chi connectivity index (χ3n) is 2.24. The van der Waals surface area contributed by atoms with E-state index in [4.69, 9.17) is 0 Å². The van der Waals surface area contributed by atoms with Gasteiger partial charge in [0.25, 0.3) is 0 Å². The fourth-order valence-corrected chi connectivity index (χ4v) is 0.878. The molecule has 0 amide bonds. The second-order valence-corrected chi connectivity index (χ2v) is 3.95. The van der Waals surface area contributed by atoms with Crippen LogP contribution in [0, 0.1) is 0 Å². The molecule has 0 aromatic heterocycles. The van der Waals surface area contributed by atoms with Crippen LogP contribution in [0.3, 0.4) is 0 Å². The minimum Gasteiger partial charge on any atom is -0.390 e.